The Hall–Kier alpha value is -1.59. The standard InChI is InChI=1S/C16H25N3O2/c1-18(2)16(20)15-4-3-9-19(15)10-11-21-14-7-5-13(12-17)6-8-14/h5-8,15H,3-4,9-12,17H2,1-2H3. The predicted molar refractivity (Wildman–Crippen MR) is 83.1 cm³/mol. The first-order valence-electron chi connectivity index (χ1n) is 7.49. The molecule has 1 atom stereocenters. The number of likely N-dealkylation sites (N-methyl/N-ethyl adjacent to an activating group) is 1. The van der Waals surface area contributed by atoms with Gasteiger partial charge in [-0.1, -0.05) is 12.1 Å². The van der Waals surface area contributed by atoms with Gasteiger partial charge in [0.1, 0.15) is 12.4 Å². The monoisotopic (exact) mass is 291 g/mol. The van der Waals surface area contributed by atoms with Crippen LogP contribution in [0.2, 0.25) is 0 Å². The lowest BCUT2D eigenvalue weighted by molar-refractivity contribution is -0.133. The minimum absolute atomic E-state index is 0.0169. The van der Waals surface area contributed by atoms with E-state index in [9.17, 15) is 4.79 Å². The van der Waals surface area contributed by atoms with Crippen LogP contribution in [0.1, 0.15) is 18.4 Å². The molecule has 1 saturated heterocycles. The highest BCUT2D eigenvalue weighted by molar-refractivity contribution is 5.81. The van der Waals surface area contributed by atoms with Crippen LogP contribution < -0.4 is 10.5 Å². The van der Waals surface area contributed by atoms with Crippen molar-refractivity contribution in [3.63, 3.8) is 0 Å². The summed E-state index contributed by atoms with van der Waals surface area (Å²) in [5, 5.41) is 0. The van der Waals surface area contributed by atoms with Crippen LogP contribution in [-0.4, -0.2) is 55.5 Å². The molecule has 0 bridgehead atoms. The van der Waals surface area contributed by atoms with E-state index >= 15 is 0 Å². The number of nitrogens with two attached hydrogens (primary N) is 1. The third-order valence-corrected chi connectivity index (χ3v) is 3.90. The Labute approximate surface area is 126 Å². The van der Waals surface area contributed by atoms with E-state index in [1.54, 1.807) is 4.90 Å². The molecule has 1 unspecified atom stereocenters. The molecule has 0 saturated carbocycles. The maximum absolute atomic E-state index is 12.1. The molecule has 0 spiro atoms. The number of nitrogens with zero attached hydrogens (tertiary/aromatic N) is 2. The first-order valence-corrected chi connectivity index (χ1v) is 7.49. The lowest BCUT2D eigenvalue weighted by Crippen LogP contribution is -2.44. The van der Waals surface area contributed by atoms with Crippen molar-refractivity contribution in [2.45, 2.75) is 25.4 Å². The van der Waals surface area contributed by atoms with E-state index in [-0.39, 0.29) is 11.9 Å². The molecule has 1 fully saturated rings. The number of carbonyl (C=O) groups is 1. The van der Waals surface area contributed by atoms with E-state index < -0.39 is 0 Å². The van der Waals surface area contributed by atoms with Gasteiger partial charge in [0.05, 0.1) is 6.04 Å². The number of hydrogen-bond acceptors (Lipinski definition) is 4. The molecule has 1 aliphatic heterocycles. The summed E-state index contributed by atoms with van der Waals surface area (Å²) in [5.74, 6) is 1.04. The fourth-order valence-corrected chi connectivity index (χ4v) is 2.67. The normalized spacial score (nSPS) is 18.7. The summed E-state index contributed by atoms with van der Waals surface area (Å²) in [6.45, 7) is 2.89. The molecule has 2 N–H and O–H groups in total. The van der Waals surface area contributed by atoms with Crippen molar-refractivity contribution >= 4 is 5.91 Å². The van der Waals surface area contributed by atoms with Gasteiger partial charge in [-0.15, -0.1) is 0 Å². The van der Waals surface area contributed by atoms with Crippen LogP contribution in [0.15, 0.2) is 24.3 Å². The Morgan fingerprint density at radius 1 is 1.38 bits per heavy atom. The van der Waals surface area contributed by atoms with Crippen LogP contribution in [0.25, 0.3) is 0 Å². The summed E-state index contributed by atoms with van der Waals surface area (Å²) >= 11 is 0. The summed E-state index contributed by atoms with van der Waals surface area (Å²) in [5.41, 5.74) is 6.66. The van der Waals surface area contributed by atoms with Gasteiger partial charge >= 0.3 is 0 Å². The first-order chi connectivity index (χ1) is 10.1. The third-order valence-electron chi connectivity index (χ3n) is 3.90. The fraction of sp³-hybridized carbons (Fsp3) is 0.562. The van der Waals surface area contributed by atoms with Crippen molar-refractivity contribution in [1.29, 1.82) is 0 Å². The van der Waals surface area contributed by atoms with Crippen LogP contribution in [0.5, 0.6) is 5.75 Å². The smallest absolute Gasteiger partial charge is 0.239 e. The quantitative estimate of drug-likeness (QED) is 0.852. The van der Waals surface area contributed by atoms with Crippen LogP contribution in [0, 0.1) is 0 Å². The van der Waals surface area contributed by atoms with Crippen LogP contribution >= 0.6 is 0 Å². The molecule has 1 aromatic rings. The van der Waals surface area contributed by atoms with Gasteiger partial charge in [0.15, 0.2) is 0 Å². The van der Waals surface area contributed by atoms with Crippen LogP contribution in [-0.2, 0) is 11.3 Å². The molecule has 0 aliphatic carbocycles. The first kappa shape index (κ1) is 15.8. The van der Waals surface area contributed by atoms with Gasteiger partial charge in [-0.3, -0.25) is 9.69 Å². The highest BCUT2D eigenvalue weighted by Gasteiger charge is 2.31. The Bertz CT molecular complexity index is 459. The molecule has 0 radical (unpaired) electrons. The predicted octanol–water partition coefficient (Wildman–Crippen LogP) is 1.08. The zero-order chi connectivity index (χ0) is 15.2. The second-order valence-corrected chi connectivity index (χ2v) is 5.62. The van der Waals surface area contributed by atoms with E-state index in [2.05, 4.69) is 4.90 Å². The Kier molecular flexibility index (Phi) is 5.59. The van der Waals surface area contributed by atoms with Gasteiger partial charge < -0.3 is 15.4 Å². The zero-order valence-corrected chi connectivity index (χ0v) is 12.9. The number of likely N-dealkylation sites (tertiary alicyclic amines) is 1. The molecular formula is C16H25N3O2. The zero-order valence-electron chi connectivity index (χ0n) is 12.9. The van der Waals surface area contributed by atoms with Crippen molar-refractivity contribution in [2.24, 2.45) is 5.73 Å². The Morgan fingerprint density at radius 2 is 2.10 bits per heavy atom. The molecule has 1 heterocycles. The number of benzene rings is 1. The van der Waals surface area contributed by atoms with Crippen molar-refractivity contribution in [3.8, 4) is 5.75 Å². The highest BCUT2D eigenvalue weighted by Crippen LogP contribution is 2.19. The lowest BCUT2D eigenvalue weighted by Gasteiger charge is -2.25. The van der Waals surface area contributed by atoms with E-state index in [0.717, 1.165) is 37.2 Å². The molecule has 0 aromatic heterocycles. The largest absolute Gasteiger partial charge is 0.492 e. The van der Waals surface area contributed by atoms with Gasteiger partial charge in [-0.2, -0.15) is 0 Å². The van der Waals surface area contributed by atoms with Gasteiger partial charge in [-0.25, -0.2) is 0 Å². The Balaban J connectivity index is 1.80. The molecule has 116 valence electrons. The van der Waals surface area contributed by atoms with E-state index in [1.165, 1.54) is 0 Å². The molecule has 1 aliphatic rings. The third kappa shape index (κ3) is 4.19. The molecule has 1 aromatic carbocycles. The van der Waals surface area contributed by atoms with E-state index in [0.29, 0.717) is 13.2 Å². The molecule has 5 nitrogen and oxygen atoms in total. The number of hydrogen-bond donors (Lipinski definition) is 1. The molecular weight excluding hydrogens is 266 g/mol. The summed E-state index contributed by atoms with van der Waals surface area (Å²) < 4.78 is 5.75. The number of amides is 1. The van der Waals surface area contributed by atoms with E-state index in [4.69, 9.17) is 10.5 Å². The van der Waals surface area contributed by atoms with Gasteiger partial charge in [0.2, 0.25) is 5.91 Å². The van der Waals surface area contributed by atoms with Gasteiger partial charge in [0, 0.05) is 27.2 Å². The summed E-state index contributed by atoms with van der Waals surface area (Å²) in [6, 6.07) is 7.85. The second kappa shape index (κ2) is 7.43. The van der Waals surface area contributed by atoms with Crippen molar-refractivity contribution in [1.82, 2.24) is 9.80 Å². The van der Waals surface area contributed by atoms with E-state index in [1.807, 2.05) is 38.4 Å². The van der Waals surface area contributed by atoms with Crippen LogP contribution in [0.4, 0.5) is 0 Å². The number of ether oxygens (including phenoxy) is 1. The lowest BCUT2D eigenvalue weighted by atomic mass is 10.2. The maximum atomic E-state index is 12.1. The summed E-state index contributed by atoms with van der Waals surface area (Å²) in [7, 11) is 3.63. The van der Waals surface area contributed by atoms with Crippen molar-refractivity contribution < 1.29 is 9.53 Å². The molecule has 1 amide bonds. The second-order valence-electron chi connectivity index (χ2n) is 5.62. The summed E-state index contributed by atoms with van der Waals surface area (Å²) in [4.78, 5) is 16.0. The number of carbonyl (C=O) groups excluding carboxylic acids is 1. The minimum atomic E-state index is 0.0169. The molecule has 2 rings (SSSR count). The summed E-state index contributed by atoms with van der Waals surface area (Å²) in [6.07, 6.45) is 2.03. The minimum Gasteiger partial charge on any atom is -0.492 e. The Morgan fingerprint density at radius 3 is 2.71 bits per heavy atom. The number of rotatable bonds is 6. The highest BCUT2D eigenvalue weighted by atomic mass is 16.5. The van der Waals surface area contributed by atoms with Gasteiger partial charge in [0.25, 0.3) is 0 Å². The average molecular weight is 291 g/mol. The van der Waals surface area contributed by atoms with Crippen molar-refractivity contribution in [2.75, 3.05) is 33.8 Å². The molecule has 21 heavy (non-hydrogen) atoms. The fourth-order valence-electron chi connectivity index (χ4n) is 2.67. The van der Waals surface area contributed by atoms with Crippen LogP contribution in [0.3, 0.4) is 0 Å². The topological polar surface area (TPSA) is 58.8 Å². The van der Waals surface area contributed by atoms with Crippen molar-refractivity contribution in [3.05, 3.63) is 29.8 Å². The SMILES string of the molecule is CN(C)C(=O)C1CCCN1CCOc1ccc(CN)cc1. The average Bonchev–Trinajstić information content (AvgIpc) is 2.95. The van der Waals surface area contributed by atoms with Gasteiger partial charge in [-0.05, 0) is 37.1 Å². The maximum Gasteiger partial charge on any atom is 0.239 e. The molecule has 5 heteroatoms.